The van der Waals surface area contributed by atoms with Gasteiger partial charge in [-0.3, -0.25) is 0 Å². The number of aliphatic hydroxyl groups excluding tert-OH is 4. The molecule has 0 aromatic carbocycles. The van der Waals surface area contributed by atoms with Crippen LogP contribution in [0.1, 0.15) is 0 Å². The molecular weight excluding hydrogens is 396 g/mol. The molecule has 2 aliphatic heterocycles. The minimum atomic E-state index is -2.15. The van der Waals surface area contributed by atoms with Gasteiger partial charge >= 0.3 is 23.7 Å². The van der Waals surface area contributed by atoms with E-state index >= 15 is 0 Å². The van der Waals surface area contributed by atoms with Gasteiger partial charge in [-0.25, -0.2) is 14.4 Å². The normalized spacial score (nSPS) is 21.1. The lowest BCUT2D eigenvalue weighted by atomic mass is 10.2. The number of cyclic esters (lactones) is 3. The number of hydrogen-bond acceptors (Lipinski definition) is 12. The zero-order chi connectivity index (χ0) is 21.7. The molecule has 12 heteroatoms. The molecule has 158 valence electrons. The topological polar surface area (TPSA) is 192 Å². The maximum absolute atomic E-state index is 11.8. The van der Waals surface area contributed by atoms with Gasteiger partial charge in [-0.1, -0.05) is 18.2 Å². The second kappa shape index (κ2) is 8.87. The van der Waals surface area contributed by atoms with E-state index < -0.39 is 73.0 Å². The molecular formula is C17H17O12-. The molecule has 29 heavy (non-hydrogen) atoms. The quantitative estimate of drug-likeness (QED) is 0.140. The average molecular weight is 413 g/mol. The molecule has 0 aliphatic carbocycles. The molecule has 2 heterocycles. The Kier molecular flexibility index (Phi) is 6.76. The van der Waals surface area contributed by atoms with Crippen LogP contribution in [0.5, 0.6) is 0 Å². The van der Waals surface area contributed by atoms with Crippen LogP contribution in [0.2, 0.25) is 0 Å². The fourth-order valence-electron chi connectivity index (χ4n) is 2.10. The Morgan fingerprint density at radius 3 is 1.69 bits per heavy atom. The first-order valence-electron chi connectivity index (χ1n) is 8.04. The van der Waals surface area contributed by atoms with Crippen LogP contribution in [0.3, 0.4) is 0 Å². The van der Waals surface area contributed by atoms with E-state index in [-0.39, 0.29) is 0 Å². The number of allylic oxidation sites excluding steroid dienone is 4. The summed E-state index contributed by atoms with van der Waals surface area (Å²) in [5.74, 6) is -8.81. The Morgan fingerprint density at radius 2 is 1.21 bits per heavy atom. The van der Waals surface area contributed by atoms with Gasteiger partial charge in [0, 0.05) is 0 Å². The van der Waals surface area contributed by atoms with E-state index in [0.717, 1.165) is 12.2 Å². The Bertz CT molecular complexity index is 773. The van der Waals surface area contributed by atoms with Gasteiger partial charge < -0.3 is 44.5 Å². The van der Waals surface area contributed by atoms with E-state index in [0.29, 0.717) is 0 Å². The van der Waals surface area contributed by atoms with Gasteiger partial charge in [-0.05, 0) is 12.2 Å². The third kappa shape index (κ3) is 4.63. The molecule has 0 aromatic heterocycles. The van der Waals surface area contributed by atoms with Gasteiger partial charge in [0.1, 0.15) is 18.8 Å². The van der Waals surface area contributed by atoms with Crippen molar-refractivity contribution in [2.75, 3.05) is 26.4 Å². The van der Waals surface area contributed by atoms with Crippen molar-refractivity contribution in [2.45, 2.75) is 11.6 Å². The second-order valence-corrected chi connectivity index (χ2v) is 5.75. The Hall–Kier alpha value is -3.19. The summed E-state index contributed by atoms with van der Waals surface area (Å²) in [4.78, 5) is 35.5. The first-order chi connectivity index (χ1) is 13.7. The van der Waals surface area contributed by atoms with Gasteiger partial charge in [-0.15, -0.1) is 0 Å². The van der Waals surface area contributed by atoms with E-state index in [2.05, 4.69) is 0 Å². The predicted molar refractivity (Wildman–Crippen MR) is 86.6 cm³/mol. The van der Waals surface area contributed by atoms with Crippen LogP contribution in [-0.2, 0) is 33.3 Å². The fraction of sp³-hybridized carbons (Fsp3) is 0.353. The standard InChI is InChI=1S/C17H18O12/c18-6-16(7-19)26-12(22)10(13(23)27-16)4-2-1-3-5-11-14(24)28-17(8-20,9-21)29-15(11)25/h1-5,18-22H,6-9H2/p-1/b3-1+,4-2+. The van der Waals surface area contributed by atoms with Crippen molar-refractivity contribution in [3.63, 3.8) is 0 Å². The zero-order valence-electron chi connectivity index (χ0n) is 14.8. The molecule has 2 aliphatic rings. The lowest BCUT2D eigenvalue weighted by Gasteiger charge is -2.41. The van der Waals surface area contributed by atoms with Crippen LogP contribution in [0, 0.1) is 0 Å². The van der Waals surface area contributed by atoms with E-state index in [9.17, 15) is 19.5 Å². The van der Waals surface area contributed by atoms with E-state index in [1.54, 1.807) is 0 Å². The van der Waals surface area contributed by atoms with Gasteiger partial charge in [0.05, 0.1) is 24.7 Å². The van der Waals surface area contributed by atoms with Gasteiger partial charge in [0.15, 0.2) is 0 Å². The van der Waals surface area contributed by atoms with E-state index in [1.807, 2.05) is 0 Å². The summed E-state index contributed by atoms with van der Waals surface area (Å²) >= 11 is 0. The van der Waals surface area contributed by atoms with Gasteiger partial charge in [0.2, 0.25) is 5.79 Å². The van der Waals surface area contributed by atoms with Crippen molar-refractivity contribution in [1.29, 1.82) is 0 Å². The first kappa shape index (κ1) is 22.1. The lowest BCUT2D eigenvalue weighted by Crippen LogP contribution is -2.51. The fourth-order valence-corrected chi connectivity index (χ4v) is 2.10. The highest BCUT2D eigenvalue weighted by Gasteiger charge is 2.45. The number of carbonyl (C=O) groups excluding carboxylic acids is 3. The molecule has 2 rings (SSSR count). The van der Waals surface area contributed by atoms with Gasteiger partial charge in [-0.2, -0.15) is 0 Å². The Labute approximate surface area is 163 Å². The van der Waals surface area contributed by atoms with Crippen molar-refractivity contribution >= 4 is 17.9 Å². The smallest absolute Gasteiger partial charge is 0.349 e. The molecule has 4 N–H and O–H groups in total. The molecule has 0 amide bonds. The summed E-state index contributed by atoms with van der Waals surface area (Å²) in [6.45, 7) is -3.70. The highest BCUT2D eigenvalue weighted by molar-refractivity contribution is 6.15. The predicted octanol–water partition coefficient (Wildman–Crippen LogP) is -3.37. The van der Waals surface area contributed by atoms with Crippen molar-refractivity contribution in [2.24, 2.45) is 0 Å². The highest BCUT2D eigenvalue weighted by Crippen LogP contribution is 2.25. The molecule has 0 atom stereocenters. The van der Waals surface area contributed by atoms with E-state index in [4.69, 9.17) is 39.4 Å². The molecule has 0 saturated carbocycles. The summed E-state index contributed by atoms with van der Waals surface area (Å²) < 4.78 is 18.8. The SMILES string of the molecule is O=C1OC(CO)(CO)OC(=O)C1=C/C=C/C=C/C1=C([O-])OC(CO)(CO)OC1=O. The molecule has 0 spiro atoms. The Balaban J connectivity index is 2.08. The summed E-state index contributed by atoms with van der Waals surface area (Å²) in [5.41, 5.74) is -1.04. The van der Waals surface area contributed by atoms with Crippen LogP contribution >= 0.6 is 0 Å². The first-order valence-corrected chi connectivity index (χ1v) is 8.04. The molecule has 0 aromatic rings. The minimum absolute atomic E-state index is 0.521. The maximum atomic E-state index is 11.8. The summed E-state index contributed by atoms with van der Waals surface area (Å²) in [7, 11) is 0. The van der Waals surface area contributed by atoms with Crippen LogP contribution in [0.4, 0.5) is 0 Å². The summed E-state index contributed by atoms with van der Waals surface area (Å²) in [5, 5.41) is 48.1. The van der Waals surface area contributed by atoms with Crippen molar-refractivity contribution in [1.82, 2.24) is 0 Å². The van der Waals surface area contributed by atoms with Crippen LogP contribution in [0.15, 0.2) is 47.5 Å². The number of aliphatic hydroxyl groups is 4. The molecule has 1 fully saturated rings. The Morgan fingerprint density at radius 1 is 0.724 bits per heavy atom. The van der Waals surface area contributed by atoms with Crippen molar-refractivity contribution in [3.8, 4) is 0 Å². The molecule has 0 unspecified atom stereocenters. The van der Waals surface area contributed by atoms with Crippen LogP contribution in [0.25, 0.3) is 0 Å². The lowest BCUT2D eigenvalue weighted by molar-refractivity contribution is -0.404. The molecule has 1 saturated heterocycles. The monoisotopic (exact) mass is 413 g/mol. The zero-order valence-corrected chi connectivity index (χ0v) is 14.8. The van der Waals surface area contributed by atoms with E-state index in [1.165, 1.54) is 18.2 Å². The second-order valence-electron chi connectivity index (χ2n) is 5.75. The molecule has 0 radical (unpaired) electrons. The minimum Gasteiger partial charge on any atom is -0.571 e. The van der Waals surface area contributed by atoms with Crippen molar-refractivity contribution in [3.05, 3.63) is 47.5 Å². The molecule has 0 bridgehead atoms. The average Bonchev–Trinajstić information content (AvgIpc) is 2.70. The number of esters is 3. The maximum Gasteiger partial charge on any atom is 0.349 e. The number of rotatable bonds is 7. The largest absolute Gasteiger partial charge is 0.571 e. The van der Waals surface area contributed by atoms with Crippen LogP contribution in [-0.4, -0.2) is 76.3 Å². The molecule has 12 nitrogen and oxygen atoms in total. The highest BCUT2D eigenvalue weighted by atomic mass is 16.8. The van der Waals surface area contributed by atoms with Gasteiger partial charge in [0.25, 0.3) is 0 Å². The van der Waals surface area contributed by atoms with Crippen LogP contribution < -0.4 is 5.11 Å². The number of hydrogen-bond donors (Lipinski definition) is 4. The number of ether oxygens (including phenoxy) is 4. The summed E-state index contributed by atoms with van der Waals surface area (Å²) in [6.07, 6.45) is 5.63. The number of carbonyl (C=O) groups is 3. The summed E-state index contributed by atoms with van der Waals surface area (Å²) in [6, 6.07) is 0. The third-order valence-corrected chi connectivity index (χ3v) is 3.71. The third-order valence-electron chi connectivity index (χ3n) is 3.71. The van der Waals surface area contributed by atoms with Crippen molar-refractivity contribution < 1.29 is 58.9 Å².